The van der Waals surface area contributed by atoms with Gasteiger partial charge in [0.25, 0.3) is 0 Å². The average molecular weight is 234 g/mol. The number of carbonyl (C=O) groups excluding carboxylic acids is 1. The van der Waals surface area contributed by atoms with E-state index in [9.17, 15) is 4.79 Å². The molecular formula is C12H14N2OS. The van der Waals surface area contributed by atoms with Crippen LogP contribution in [0.2, 0.25) is 0 Å². The lowest BCUT2D eigenvalue weighted by Gasteiger charge is -2.16. The van der Waals surface area contributed by atoms with Crippen molar-refractivity contribution in [2.45, 2.75) is 32.6 Å². The second-order valence-electron chi connectivity index (χ2n) is 4.13. The van der Waals surface area contributed by atoms with Gasteiger partial charge in [0, 0.05) is 6.20 Å². The van der Waals surface area contributed by atoms with Gasteiger partial charge >= 0.3 is 0 Å². The molecule has 0 bridgehead atoms. The van der Waals surface area contributed by atoms with Gasteiger partial charge in [0.15, 0.2) is 0 Å². The van der Waals surface area contributed by atoms with Crippen LogP contribution < -0.4 is 0 Å². The first-order chi connectivity index (χ1) is 7.42. The molecule has 0 spiro atoms. The van der Waals surface area contributed by atoms with Crippen LogP contribution in [0.15, 0.2) is 12.3 Å². The predicted octanol–water partition coefficient (Wildman–Crippen LogP) is 2.52. The van der Waals surface area contributed by atoms with Gasteiger partial charge in [-0.05, 0) is 31.4 Å². The highest BCUT2D eigenvalue weighted by atomic mass is 32.1. The molecular weight excluding hydrogens is 220 g/mol. The molecule has 0 atom stereocenters. The summed E-state index contributed by atoms with van der Waals surface area (Å²) in [4.78, 5) is 15.3. The van der Waals surface area contributed by atoms with E-state index in [-0.39, 0.29) is 5.12 Å². The minimum atomic E-state index is -0.588. The zero-order valence-corrected chi connectivity index (χ0v) is 10.5. The van der Waals surface area contributed by atoms with Crippen molar-refractivity contribution >= 4 is 17.7 Å². The summed E-state index contributed by atoms with van der Waals surface area (Å²) in [6, 6.07) is 4.07. The molecule has 1 aromatic rings. The molecule has 0 saturated heterocycles. The van der Waals surface area contributed by atoms with Crippen molar-refractivity contribution in [3.8, 4) is 6.07 Å². The number of nitrogens with zero attached hydrogens (tertiary/aromatic N) is 2. The third-order valence-corrected chi connectivity index (χ3v) is 2.76. The number of hydrogen-bond acceptors (Lipinski definition) is 3. The first-order valence-corrected chi connectivity index (χ1v) is 5.51. The van der Waals surface area contributed by atoms with Gasteiger partial charge in [-0.2, -0.15) is 5.26 Å². The van der Waals surface area contributed by atoms with E-state index in [1.54, 1.807) is 6.20 Å². The molecule has 0 aliphatic rings. The SMILES string of the molecule is CCc1cc(C(C)(C)C#N)cnc1C(=O)S. The Balaban J connectivity index is 3.31. The summed E-state index contributed by atoms with van der Waals surface area (Å²) in [6.45, 7) is 5.59. The van der Waals surface area contributed by atoms with Crippen molar-refractivity contribution in [2.24, 2.45) is 0 Å². The zero-order chi connectivity index (χ0) is 12.3. The van der Waals surface area contributed by atoms with E-state index in [0.717, 1.165) is 11.1 Å². The third-order valence-electron chi connectivity index (χ3n) is 2.55. The summed E-state index contributed by atoms with van der Waals surface area (Å²) in [5.74, 6) is 0. The van der Waals surface area contributed by atoms with Crippen LogP contribution >= 0.6 is 12.6 Å². The number of nitriles is 1. The Kier molecular flexibility index (Phi) is 3.71. The van der Waals surface area contributed by atoms with Gasteiger partial charge in [0.05, 0.1) is 11.5 Å². The first kappa shape index (κ1) is 12.7. The number of aryl methyl sites for hydroxylation is 1. The molecule has 1 rings (SSSR count). The van der Waals surface area contributed by atoms with E-state index in [1.165, 1.54) is 0 Å². The maximum atomic E-state index is 11.2. The quantitative estimate of drug-likeness (QED) is 0.818. The summed E-state index contributed by atoms with van der Waals surface area (Å²) >= 11 is 3.77. The first-order valence-electron chi connectivity index (χ1n) is 5.06. The van der Waals surface area contributed by atoms with E-state index in [1.807, 2.05) is 26.8 Å². The highest BCUT2D eigenvalue weighted by Gasteiger charge is 2.22. The fraction of sp³-hybridized carbons (Fsp3) is 0.417. The van der Waals surface area contributed by atoms with Gasteiger partial charge in [0.1, 0.15) is 5.69 Å². The molecule has 84 valence electrons. The van der Waals surface area contributed by atoms with Crippen molar-refractivity contribution in [1.82, 2.24) is 4.98 Å². The van der Waals surface area contributed by atoms with Gasteiger partial charge in [-0.3, -0.25) is 9.78 Å². The van der Waals surface area contributed by atoms with Crippen molar-refractivity contribution in [1.29, 1.82) is 5.26 Å². The van der Waals surface area contributed by atoms with E-state index < -0.39 is 5.41 Å². The number of hydrogen-bond donors (Lipinski definition) is 1. The normalized spacial score (nSPS) is 10.9. The Labute approximate surface area is 101 Å². The molecule has 0 aliphatic heterocycles. The standard InChI is InChI=1S/C12H14N2OS/c1-4-8-5-9(12(2,3)7-13)6-14-10(8)11(15)16/h5-6H,4H2,1-3H3,(H,15,16). The lowest BCUT2D eigenvalue weighted by atomic mass is 9.86. The molecule has 0 aromatic carbocycles. The van der Waals surface area contributed by atoms with Crippen molar-refractivity contribution in [3.05, 3.63) is 29.1 Å². The van der Waals surface area contributed by atoms with Crippen molar-refractivity contribution in [3.63, 3.8) is 0 Å². The molecule has 0 radical (unpaired) electrons. The Morgan fingerprint density at radius 3 is 2.69 bits per heavy atom. The summed E-state index contributed by atoms with van der Waals surface area (Å²) in [7, 11) is 0. The van der Waals surface area contributed by atoms with Crippen LogP contribution in [0.25, 0.3) is 0 Å². The van der Waals surface area contributed by atoms with Crippen molar-refractivity contribution < 1.29 is 4.79 Å². The fourth-order valence-electron chi connectivity index (χ4n) is 1.38. The van der Waals surface area contributed by atoms with E-state index in [0.29, 0.717) is 12.1 Å². The summed E-state index contributed by atoms with van der Waals surface area (Å²) in [5, 5.41) is 8.69. The van der Waals surface area contributed by atoms with E-state index in [4.69, 9.17) is 5.26 Å². The van der Waals surface area contributed by atoms with Gasteiger partial charge in [-0.25, -0.2) is 0 Å². The summed E-state index contributed by atoms with van der Waals surface area (Å²) in [6.07, 6.45) is 2.27. The van der Waals surface area contributed by atoms with Crippen LogP contribution in [0.4, 0.5) is 0 Å². The van der Waals surface area contributed by atoms with Crippen molar-refractivity contribution in [2.75, 3.05) is 0 Å². The van der Waals surface area contributed by atoms with Gasteiger partial charge < -0.3 is 0 Å². The Bertz CT molecular complexity index is 461. The number of rotatable bonds is 3. The Hall–Kier alpha value is -1.34. The summed E-state index contributed by atoms with van der Waals surface area (Å²) in [5.41, 5.74) is 1.45. The minimum Gasteiger partial charge on any atom is -0.280 e. The molecule has 0 saturated carbocycles. The number of pyridine rings is 1. The third kappa shape index (κ3) is 2.42. The molecule has 0 unspecified atom stereocenters. The highest BCUT2D eigenvalue weighted by molar-refractivity contribution is 7.97. The summed E-state index contributed by atoms with van der Waals surface area (Å²) < 4.78 is 0. The molecule has 1 heterocycles. The second kappa shape index (κ2) is 4.67. The van der Waals surface area contributed by atoms with Crippen LogP contribution in [0, 0.1) is 11.3 Å². The maximum Gasteiger partial charge on any atom is 0.234 e. The second-order valence-corrected chi connectivity index (χ2v) is 4.53. The topological polar surface area (TPSA) is 53.8 Å². The predicted molar refractivity (Wildman–Crippen MR) is 65.6 cm³/mol. The zero-order valence-electron chi connectivity index (χ0n) is 9.61. The average Bonchev–Trinajstić information content (AvgIpc) is 2.27. The van der Waals surface area contributed by atoms with E-state index in [2.05, 4.69) is 23.7 Å². The number of aromatic nitrogens is 1. The van der Waals surface area contributed by atoms with Gasteiger partial charge in [-0.1, -0.05) is 25.6 Å². The van der Waals surface area contributed by atoms with Gasteiger partial charge in [-0.15, -0.1) is 0 Å². The fourth-order valence-corrected chi connectivity index (χ4v) is 1.58. The Morgan fingerprint density at radius 1 is 1.62 bits per heavy atom. The molecule has 4 heteroatoms. The Morgan fingerprint density at radius 2 is 2.25 bits per heavy atom. The number of carbonyl (C=O) groups is 1. The largest absolute Gasteiger partial charge is 0.280 e. The molecule has 0 aliphatic carbocycles. The molecule has 16 heavy (non-hydrogen) atoms. The van der Waals surface area contributed by atoms with Crippen LogP contribution in [0.5, 0.6) is 0 Å². The van der Waals surface area contributed by atoms with Gasteiger partial charge in [0.2, 0.25) is 5.12 Å². The lowest BCUT2D eigenvalue weighted by Crippen LogP contribution is -2.16. The van der Waals surface area contributed by atoms with E-state index >= 15 is 0 Å². The van der Waals surface area contributed by atoms with Crippen LogP contribution in [0.3, 0.4) is 0 Å². The van der Waals surface area contributed by atoms with Crippen LogP contribution in [-0.4, -0.2) is 10.1 Å². The maximum absolute atomic E-state index is 11.2. The molecule has 3 nitrogen and oxygen atoms in total. The smallest absolute Gasteiger partial charge is 0.234 e. The number of thiol groups is 1. The lowest BCUT2D eigenvalue weighted by molar-refractivity contribution is 0.108. The molecule has 0 fully saturated rings. The molecule has 1 aromatic heterocycles. The molecule has 0 N–H and O–H groups in total. The minimum absolute atomic E-state index is 0.335. The van der Waals surface area contributed by atoms with Crippen LogP contribution in [0.1, 0.15) is 42.4 Å². The highest BCUT2D eigenvalue weighted by Crippen LogP contribution is 2.24. The molecule has 0 amide bonds. The monoisotopic (exact) mass is 234 g/mol. The van der Waals surface area contributed by atoms with Crippen LogP contribution in [-0.2, 0) is 11.8 Å².